The first-order valence-electron chi connectivity index (χ1n) is 5.98. The fourth-order valence-electron chi connectivity index (χ4n) is 1.67. The van der Waals surface area contributed by atoms with Crippen molar-refractivity contribution in [2.24, 2.45) is 5.10 Å². The summed E-state index contributed by atoms with van der Waals surface area (Å²) in [6.45, 7) is 3.73. The normalized spacial score (nSPS) is 15.6. The Labute approximate surface area is 101 Å². The van der Waals surface area contributed by atoms with Gasteiger partial charge in [0.2, 0.25) is 0 Å². The van der Waals surface area contributed by atoms with Crippen molar-refractivity contribution in [3.63, 3.8) is 0 Å². The van der Waals surface area contributed by atoms with Crippen LogP contribution in [0.15, 0.2) is 17.8 Å². The summed E-state index contributed by atoms with van der Waals surface area (Å²) in [4.78, 5) is 22.5. The second-order valence-electron chi connectivity index (χ2n) is 4.03. The monoisotopic (exact) mass is 237 g/mol. The number of rotatable bonds is 3. The fraction of sp³-hybridized carbons (Fsp3) is 0.583. The molecule has 1 rings (SSSR count). The highest BCUT2D eigenvalue weighted by Crippen LogP contribution is 2.14. The Kier molecular flexibility index (Phi) is 5.99. The summed E-state index contributed by atoms with van der Waals surface area (Å²) in [6.07, 6.45) is 7.99. The van der Waals surface area contributed by atoms with Crippen LogP contribution in [-0.2, 0) is 9.59 Å². The Morgan fingerprint density at radius 1 is 1.18 bits per heavy atom. The molecule has 0 bridgehead atoms. The number of amides is 2. The Morgan fingerprint density at radius 3 is 2.41 bits per heavy atom. The number of hydrogen-bond donors (Lipinski definition) is 2. The summed E-state index contributed by atoms with van der Waals surface area (Å²) in [6, 6.07) is 0. The van der Waals surface area contributed by atoms with E-state index in [0.29, 0.717) is 0 Å². The smallest absolute Gasteiger partial charge is 0.329 e. The predicted molar refractivity (Wildman–Crippen MR) is 66.5 cm³/mol. The van der Waals surface area contributed by atoms with Crippen molar-refractivity contribution < 1.29 is 9.59 Å². The third-order valence-electron chi connectivity index (χ3n) is 2.61. The van der Waals surface area contributed by atoms with Crippen molar-refractivity contribution >= 4 is 17.5 Å². The van der Waals surface area contributed by atoms with Crippen molar-refractivity contribution in [1.29, 1.82) is 0 Å². The van der Waals surface area contributed by atoms with E-state index in [9.17, 15) is 9.59 Å². The van der Waals surface area contributed by atoms with Gasteiger partial charge in [-0.1, -0.05) is 18.9 Å². The molecule has 5 nitrogen and oxygen atoms in total. The fourth-order valence-corrected chi connectivity index (χ4v) is 1.67. The number of nitrogens with one attached hydrogen (secondary N) is 2. The minimum absolute atomic E-state index is 0.281. The first-order valence-corrected chi connectivity index (χ1v) is 5.98. The summed E-state index contributed by atoms with van der Waals surface area (Å²) in [7, 11) is 0. The van der Waals surface area contributed by atoms with Gasteiger partial charge in [-0.05, 0) is 25.7 Å². The maximum atomic E-state index is 11.3. The second kappa shape index (κ2) is 7.60. The molecule has 0 aromatic heterocycles. The van der Waals surface area contributed by atoms with E-state index in [0.717, 1.165) is 31.4 Å². The van der Waals surface area contributed by atoms with Crippen LogP contribution >= 0.6 is 0 Å². The van der Waals surface area contributed by atoms with Gasteiger partial charge >= 0.3 is 11.8 Å². The van der Waals surface area contributed by atoms with Gasteiger partial charge in [0.15, 0.2) is 0 Å². The number of nitrogens with zero attached hydrogens (tertiary/aromatic N) is 1. The van der Waals surface area contributed by atoms with E-state index >= 15 is 0 Å². The minimum atomic E-state index is -0.719. The van der Waals surface area contributed by atoms with Gasteiger partial charge in [-0.15, -0.1) is 6.58 Å². The van der Waals surface area contributed by atoms with Crippen LogP contribution in [0.4, 0.5) is 0 Å². The van der Waals surface area contributed by atoms with Crippen LogP contribution in [0.3, 0.4) is 0 Å². The van der Waals surface area contributed by atoms with Gasteiger partial charge in [0.05, 0.1) is 0 Å². The number of hydrazone groups is 1. The quantitative estimate of drug-likeness (QED) is 0.334. The lowest BCUT2D eigenvalue weighted by Gasteiger charge is -2.03. The minimum Gasteiger partial charge on any atom is -0.344 e. The molecule has 5 heteroatoms. The van der Waals surface area contributed by atoms with Gasteiger partial charge in [0, 0.05) is 12.3 Å². The molecule has 94 valence electrons. The molecule has 0 heterocycles. The maximum Gasteiger partial charge on any atom is 0.329 e. The molecule has 0 radical (unpaired) electrons. The zero-order valence-corrected chi connectivity index (χ0v) is 10.00. The van der Waals surface area contributed by atoms with Crippen molar-refractivity contribution in [3.8, 4) is 0 Å². The van der Waals surface area contributed by atoms with Crippen LogP contribution in [0.25, 0.3) is 0 Å². The van der Waals surface area contributed by atoms with E-state index in [4.69, 9.17) is 0 Å². The average molecular weight is 237 g/mol. The summed E-state index contributed by atoms with van der Waals surface area (Å²) in [5.41, 5.74) is 3.27. The highest BCUT2D eigenvalue weighted by molar-refractivity contribution is 6.35. The highest BCUT2D eigenvalue weighted by Gasteiger charge is 2.12. The molecule has 0 spiro atoms. The zero-order valence-electron chi connectivity index (χ0n) is 10.00. The first-order chi connectivity index (χ1) is 8.24. The molecule has 1 aliphatic rings. The number of carbonyl (C=O) groups is 2. The van der Waals surface area contributed by atoms with Gasteiger partial charge in [-0.25, -0.2) is 5.43 Å². The lowest BCUT2D eigenvalue weighted by molar-refractivity contribution is -0.139. The van der Waals surface area contributed by atoms with Crippen LogP contribution in [0.1, 0.15) is 38.5 Å². The van der Waals surface area contributed by atoms with E-state index in [1.807, 2.05) is 0 Å². The Hall–Kier alpha value is -1.65. The van der Waals surface area contributed by atoms with Crippen LogP contribution in [-0.4, -0.2) is 24.1 Å². The Bertz CT molecular complexity index is 314. The molecule has 1 saturated carbocycles. The Balaban J connectivity index is 2.36. The van der Waals surface area contributed by atoms with Crippen molar-refractivity contribution in [2.45, 2.75) is 38.5 Å². The first kappa shape index (κ1) is 13.4. The SMILES string of the molecule is C=CCNC(=O)C(=O)NN=C1CCCCCC1. The van der Waals surface area contributed by atoms with E-state index < -0.39 is 11.8 Å². The predicted octanol–water partition coefficient (Wildman–Crippen LogP) is 1.11. The number of carbonyl (C=O) groups excluding carboxylic acids is 2. The molecule has 0 atom stereocenters. The van der Waals surface area contributed by atoms with Gasteiger partial charge in [0.1, 0.15) is 0 Å². The molecule has 17 heavy (non-hydrogen) atoms. The van der Waals surface area contributed by atoms with Gasteiger partial charge in [-0.2, -0.15) is 5.10 Å². The molecule has 0 aromatic rings. The van der Waals surface area contributed by atoms with E-state index in [-0.39, 0.29) is 6.54 Å². The van der Waals surface area contributed by atoms with E-state index in [1.54, 1.807) is 0 Å². The van der Waals surface area contributed by atoms with E-state index in [2.05, 4.69) is 22.4 Å². The number of hydrogen-bond acceptors (Lipinski definition) is 3. The van der Waals surface area contributed by atoms with Gasteiger partial charge in [-0.3, -0.25) is 9.59 Å². The van der Waals surface area contributed by atoms with Crippen molar-refractivity contribution in [2.75, 3.05) is 6.54 Å². The molecular formula is C12H19N3O2. The molecule has 1 aliphatic carbocycles. The van der Waals surface area contributed by atoms with Crippen LogP contribution in [0.2, 0.25) is 0 Å². The third-order valence-corrected chi connectivity index (χ3v) is 2.61. The molecule has 0 aliphatic heterocycles. The molecule has 0 aromatic carbocycles. The summed E-state index contributed by atoms with van der Waals surface area (Å²) in [5, 5.41) is 6.40. The average Bonchev–Trinajstić information content (AvgIpc) is 2.61. The van der Waals surface area contributed by atoms with Crippen LogP contribution in [0.5, 0.6) is 0 Å². The molecule has 2 N–H and O–H groups in total. The van der Waals surface area contributed by atoms with Gasteiger partial charge < -0.3 is 5.32 Å². The lowest BCUT2D eigenvalue weighted by Crippen LogP contribution is -2.38. The summed E-state index contributed by atoms with van der Waals surface area (Å²) < 4.78 is 0. The van der Waals surface area contributed by atoms with Crippen LogP contribution in [0, 0.1) is 0 Å². The second-order valence-corrected chi connectivity index (χ2v) is 4.03. The van der Waals surface area contributed by atoms with Gasteiger partial charge in [0.25, 0.3) is 0 Å². The summed E-state index contributed by atoms with van der Waals surface area (Å²) >= 11 is 0. The topological polar surface area (TPSA) is 70.6 Å². The zero-order chi connectivity index (χ0) is 12.5. The maximum absolute atomic E-state index is 11.3. The molecule has 0 unspecified atom stereocenters. The highest BCUT2D eigenvalue weighted by atomic mass is 16.2. The van der Waals surface area contributed by atoms with Crippen LogP contribution < -0.4 is 10.7 Å². The third kappa shape index (κ3) is 5.29. The Morgan fingerprint density at radius 2 is 1.82 bits per heavy atom. The lowest BCUT2D eigenvalue weighted by atomic mass is 10.2. The molecule has 1 fully saturated rings. The molecule has 0 saturated heterocycles. The largest absolute Gasteiger partial charge is 0.344 e. The summed E-state index contributed by atoms with van der Waals surface area (Å²) in [5.74, 6) is -1.40. The molecule has 2 amide bonds. The van der Waals surface area contributed by atoms with E-state index in [1.165, 1.54) is 18.9 Å². The molecular weight excluding hydrogens is 218 g/mol. The van der Waals surface area contributed by atoms with Crippen molar-refractivity contribution in [1.82, 2.24) is 10.7 Å². The van der Waals surface area contributed by atoms with Crippen molar-refractivity contribution in [3.05, 3.63) is 12.7 Å². The standard InChI is InChI=1S/C12H19N3O2/c1-2-9-13-11(16)12(17)15-14-10-7-5-3-4-6-8-10/h2H,1,3-9H2,(H,13,16)(H,15,17).